The molecule has 1 aromatic heterocycles. The highest BCUT2D eigenvalue weighted by molar-refractivity contribution is 5.61. The first-order valence-electron chi connectivity index (χ1n) is 7.80. The van der Waals surface area contributed by atoms with Crippen LogP contribution in [0.15, 0.2) is 22.7 Å². The zero-order chi connectivity index (χ0) is 14.9. The van der Waals surface area contributed by atoms with Crippen molar-refractivity contribution >= 4 is 0 Å². The number of ether oxygens (including phenoxy) is 2. The minimum absolute atomic E-state index is 0.104. The smallest absolute Gasteiger partial charge is 0.231 e. The Kier molecular flexibility index (Phi) is 3.46. The van der Waals surface area contributed by atoms with Gasteiger partial charge in [0, 0.05) is 11.6 Å². The first-order valence-corrected chi connectivity index (χ1v) is 7.80. The van der Waals surface area contributed by atoms with Gasteiger partial charge < -0.3 is 19.7 Å². The Labute approximate surface area is 128 Å². The van der Waals surface area contributed by atoms with Gasteiger partial charge in [-0.3, -0.25) is 0 Å². The van der Waals surface area contributed by atoms with Crippen LogP contribution >= 0.6 is 0 Å². The predicted octanol–water partition coefficient (Wildman–Crippen LogP) is 2.84. The number of benzene rings is 1. The Morgan fingerprint density at radius 1 is 1.05 bits per heavy atom. The Bertz CT molecular complexity index is 670. The van der Waals surface area contributed by atoms with E-state index in [1.165, 1.54) is 19.3 Å². The second-order valence-electron chi connectivity index (χ2n) is 5.93. The zero-order valence-electron chi connectivity index (χ0n) is 12.3. The van der Waals surface area contributed by atoms with Crippen molar-refractivity contribution in [3.05, 3.63) is 24.1 Å². The molecule has 2 N–H and O–H groups in total. The third-order valence-corrected chi connectivity index (χ3v) is 4.46. The summed E-state index contributed by atoms with van der Waals surface area (Å²) in [6.07, 6.45) is 5.62. The number of hydrogen-bond acceptors (Lipinski definition) is 6. The van der Waals surface area contributed by atoms with E-state index < -0.39 is 0 Å². The van der Waals surface area contributed by atoms with Crippen LogP contribution in [0.25, 0.3) is 11.4 Å². The van der Waals surface area contributed by atoms with E-state index in [0.717, 1.165) is 29.9 Å². The van der Waals surface area contributed by atoms with Crippen LogP contribution in [-0.2, 0) is 0 Å². The number of hydrogen-bond donors (Lipinski definition) is 1. The molecule has 1 aromatic carbocycles. The van der Waals surface area contributed by atoms with E-state index in [4.69, 9.17) is 19.7 Å². The van der Waals surface area contributed by atoms with Crippen LogP contribution in [0.5, 0.6) is 11.5 Å². The number of nitrogens with two attached hydrogens (primary N) is 1. The normalized spacial score (nSPS) is 24.2. The lowest BCUT2D eigenvalue weighted by Crippen LogP contribution is -2.27. The molecule has 1 fully saturated rings. The lowest BCUT2D eigenvalue weighted by Gasteiger charge is -2.16. The Morgan fingerprint density at radius 3 is 2.86 bits per heavy atom. The molecule has 1 saturated carbocycles. The fourth-order valence-electron chi connectivity index (χ4n) is 3.18. The molecular formula is C16H19N3O3. The third-order valence-electron chi connectivity index (χ3n) is 4.46. The molecule has 0 bridgehead atoms. The topological polar surface area (TPSA) is 83.4 Å². The van der Waals surface area contributed by atoms with Crippen molar-refractivity contribution in [3.63, 3.8) is 0 Å². The summed E-state index contributed by atoms with van der Waals surface area (Å²) in [5, 5.41) is 4.11. The summed E-state index contributed by atoms with van der Waals surface area (Å²) in [5.41, 5.74) is 7.13. The van der Waals surface area contributed by atoms with Crippen molar-refractivity contribution in [1.29, 1.82) is 0 Å². The maximum atomic E-state index is 6.27. The van der Waals surface area contributed by atoms with Crippen molar-refractivity contribution < 1.29 is 14.0 Å². The monoisotopic (exact) mass is 301 g/mol. The number of fused-ring (bicyclic) bond motifs is 1. The molecule has 1 aliphatic heterocycles. The minimum Gasteiger partial charge on any atom is -0.454 e. The molecule has 2 aromatic rings. The van der Waals surface area contributed by atoms with Crippen molar-refractivity contribution in [2.75, 3.05) is 6.79 Å². The van der Waals surface area contributed by atoms with Crippen LogP contribution in [-0.4, -0.2) is 23.0 Å². The second kappa shape index (κ2) is 5.61. The molecule has 0 spiro atoms. The molecule has 2 heterocycles. The molecule has 0 amide bonds. The van der Waals surface area contributed by atoms with E-state index in [-0.39, 0.29) is 18.8 Å². The van der Waals surface area contributed by atoms with Gasteiger partial charge in [-0.25, -0.2) is 0 Å². The minimum atomic E-state index is 0.104. The van der Waals surface area contributed by atoms with Gasteiger partial charge in [0.1, 0.15) is 0 Å². The van der Waals surface area contributed by atoms with Crippen molar-refractivity contribution in [1.82, 2.24) is 10.1 Å². The number of nitrogens with zero attached hydrogens (tertiary/aromatic N) is 2. The average molecular weight is 301 g/mol. The van der Waals surface area contributed by atoms with Gasteiger partial charge in [0.25, 0.3) is 0 Å². The van der Waals surface area contributed by atoms with Gasteiger partial charge in [-0.2, -0.15) is 4.98 Å². The van der Waals surface area contributed by atoms with E-state index in [1.807, 2.05) is 18.2 Å². The summed E-state index contributed by atoms with van der Waals surface area (Å²) in [6, 6.07) is 5.76. The van der Waals surface area contributed by atoms with Crippen LogP contribution in [0, 0.1) is 0 Å². The molecule has 4 rings (SSSR count). The Morgan fingerprint density at radius 2 is 1.91 bits per heavy atom. The van der Waals surface area contributed by atoms with Gasteiger partial charge in [-0.15, -0.1) is 0 Å². The quantitative estimate of drug-likeness (QED) is 0.859. The summed E-state index contributed by atoms with van der Waals surface area (Å²) in [6.45, 7) is 0.257. The van der Waals surface area contributed by atoms with Crippen LogP contribution in [0.2, 0.25) is 0 Å². The van der Waals surface area contributed by atoms with Crippen molar-refractivity contribution in [2.24, 2.45) is 5.73 Å². The van der Waals surface area contributed by atoms with E-state index in [2.05, 4.69) is 10.1 Å². The molecule has 22 heavy (non-hydrogen) atoms. The van der Waals surface area contributed by atoms with Crippen LogP contribution in [0.3, 0.4) is 0 Å². The lowest BCUT2D eigenvalue weighted by molar-refractivity contribution is 0.174. The van der Waals surface area contributed by atoms with Gasteiger partial charge in [0.15, 0.2) is 11.5 Å². The highest BCUT2D eigenvalue weighted by atomic mass is 16.7. The standard InChI is InChI=1S/C16H19N3O3/c17-12-5-3-1-2-4-11(12)16-18-15(19-22-16)10-6-7-13-14(8-10)21-9-20-13/h6-8,11-12H,1-5,9,17H2/t11-,12+/m0/s1. The first kappa shape index (κ1) is 13.6. The highest BCUT2D eigenvalue weighted by Gasteiger charge is 2.27. The highest BCUT2D eigenvalue weighted by Crippen LogP contribution is 2.36. The molecule has 116 valence electrons. The summed E-state index contributed by atoms with van der Waals surface area (Å²) in [5.74, 6) is 2.86. The lowest BCUT2D eigenvalue weighted by atomic mass is 9.95. The van der Waals surface area contributed by atoms with Gasteiger partial charge in [-0.05, 0) is 31.0 Å². The van der Waals surface area contributed by atoms with Gasteiger partial charge in [-0.1, -0.05) is 24.4 Å². The first-order chi connectivity index (χ1) is 10.8. The van der Waals surface area contributed by atoms with Gasteiger partial charge in [0.05, 0.1) is 5.92 Å². The third kappa shape index (κ3) is 2.43. The molecule has 0 radical (unpaired) electrons. The predicted molar refractivity (Wildman–Crippen MR) is 79.7 cm³/mol. The van der Waals surface area contributed by atoms with E-state index in [9.17, 15) is 0 Å². The average Bonchev–Trinajstić information content (AvgIpc) is 3.14. The molecule has 2 aliphatic rings. The van der Waals surface area contributed by atoms with Crippen LogP contribution in [0.1, 0.15) is 43.9 Å². The van der Waals surface area contributed by atoms with Crippen molar-refractivity contribution in [3.8, 4) is 22.9 Å². The summed E-state index contributed by atoms with van der Waals surface area (Å²) in [7, 11) is 0. The maximum Gasteiger partial charge on any atom is 0.231 e. The maximum absolute atomic E-state index is 6.27. The Balaban J connectivity index is 1.61. The molecule has 0 saturated heterocycles. The SMILES string of the molecule is N[C@@H]1CCCCC[C@@H]1c1nc(-c2ccc3c(c2)OCO3)no1. The largest absolute Gasteiger partial charge is 0.454 e. The fourth-order valence-corrected chi connectivity index (χ4v) is 3.18. The van der Waals surface area contributed by atoms with E-state index in [0.29, 0.717) is 11.7 Å². The van der Waals surface area contributed by atoms with Crippen LogP contribution < -0.4 is 15.2 Å². The van der Waals surface area contributed by atoms with Crippen molar-refractivity contribution in [2.45, 2.75) is 44.1 Å². The second-order valence-corrected chi connectivity index (χ2v) is 5.93. The summed E-state index contributed by atoms with van der Waals surface area (Å²) < 4.78 is 16.2. The molecular weight excluding hydrogens is 282 g/mol. The van der Waals surface area contributed by atoms with E-state index in [1.54, 1.807) is 0 Å². The van der Waals surface area contributed by atoms with E-state index >= 15 is 0 Å². The van der Waals surface area contributed by atoms with Gasteiger partial charge >= 0.3 is 0 Å². The number of aromatic nitrogens is 2. The summed E-state index contributed by atoms with van der Waals surface area (Å²) >= 11 is 0. The fraction of sp³-hybridized carbons (Fsp3) is 0.500. The molecule has 0 unspecified atom stereocenters. The number of rotatable bonds is 2. The molecule has 6 nitrogen and oxygen atoms in total. The zero-order valence-corrected chi connectivity index (χ0v) is 12.3. The van der Waals surface area contributed by atoms with Gasteiger partial charge in [0.2, 0.25) is 18.5 Å². The molecule has 2 atom stereocenters. The van der Waals surface area contributed by atoms with Crippen LogP contribution in [0.4, 0.5) is 0 Å². The molecule has 6 heteroatoms. The molecule has 1 aliphatic carbocycles. The Hall–Kier alpha value is -2.08. The summed E-state index contributed by atoms with van der Waals surface area (Å²) in [4.78, 5) is 4.57.